The summed E-state index contributed by atoms with van der Waals surface area (Å²) in [6.07, 6.45) is 3.87. The van der Waals surface area contributed by atoms with Gasteiger partial charge in [-0.15, -0.1) is 11.3 Å². The third-order valence-corrected chi connectivity index (χ3v) is 5.03. The van der Waals surface area contributed by atoms with Crippen molar-refractivity contribution >= 4 is 17.1 Å². The molecule has 2 nitrogen and oxygen atoms in total. The number of rotatable bonds is 5. The third-order valence-electron chi connectivity index (χ3n) is 3.86. The van der Waals surface area contributed by atoms with Crippen molar-refractivity contribution in [2.75, 3.05) is 0 Å². The summed E-state index contributed by atoms with van der Waals surface area (Å²) in [5.41, 5.74) is 3.50. The summed E-state index contributed by atoms with van der Waals surface area (Å²) in [5.74, 6) is 0.691. The van der Waals surface area contributed by atoms with E-state index in [0.717, 1.165) is 15.3 Å². The van der Waals surface area contributed by atoms with Gasteiger partial charge in [0.2, 0.25) is 0 Å². The molecule has 0 aliphatic heterocycles. The number of pyridine rings is 1. The molecule has 116 valence electrons. The highest BCUT2D eigenvalue weighted by molar-refractivity contribution is 7.17. The molecule has 0 saturated heterocycles. The maximum atomic E-state index is 12.4. The molecule has 0 unspecified atom stereocenters. The van der Waals surface area contributed by atoms with E-state index in [-0.39, 0.29) is 5.78 Å². The second-order valence-electron chi connectivity index (χ2n) is 5.90. The van der Waals surface area contributed by atoms with Crippen LogP contribution in [0.1, 0.15) is 40.6 Å². The molecule has 2 aromatic heterocycles. The number of ketones is 1. The summed E-state index contributed by atoms with van der Waals surface area (Å²) < 4.78 is 0. The second-order valence-corrected chi connectivity index (χ2v) is 6.98. The van der Waals surface area contributed by atoms with Crippen LogP contribution in [0, 0.1) is 0 Å². The molecule has 0 spiro atoms. The Labute approximate surface area is 140 Å². The van der Waals surface area contributed by atoms with Crippen LogP contribution in [0.25, 0.3) is 10.4 Å². The van der Waals surface area contributed by atoms with Gasteiger partial charge in [-0.1, -0.05) is 38.1 Å². The summed E-state index contributed by atoms with van der Waals surface area (Å²) in [6, 6.07) is 16.3. The van der Waals surface area contributed by atoms with Crippen molar-refractivity contribution in [3.8, 4) is 10.4 Å². The number of nitrogens with zero attached hydrogens (tertiary/aromatic N) is 1. The van der Waals surface area contributed by atoms with Crippen LogP contribution < -0.4 is 0 Å². The van der Waals surface area contributed by atoms with Crippen molar-refractivity contribution in [3.63, 3.8) is 0 Å². The average molecular weight is 321 g/mol. The zero-order chi connectivity index (χ0) is 16.2. The van der Waals surface area contributed by atoms with E-state index in [1.54, 1.807) is 23.7 Å². The maximum Gasteiger partial charge on any atom is 0.177 e. The zero-order valence-electron chi connectivity index (χ0n) is 13.3. The summed E-state index contributed by atoms with van der Waals surface area (Å²) in [6.45, 7) is 4.38. The number of carbonyl (C=O) groups is 1. The Morgan fingerprint density at radius 2 is 1.70 bits per heavy atom. The zero-order valence-corrected chi connectivity index (χ0v) is 14.1. The molecule has 0 aliphatic carbocycles. The highest BCUT2D eigenvalue weighted by atomic mass is 32.1. The van der Waals surface area contributed by atoms with Crippen LogP contribution in [0.4, 0.5) is 0 Å². The Morgan fingerprint density at radius 1 is 1.00 bits per heavy atom. The number of benzene rings is 1. The lowest BCUT2D eigenvalue weighted by Crippen LogP contribution is -2.00. The Morgan fingerprint density at radius 3 is 2.35 bits per heavy atom. The quantitative estimate of drug-likeness (QED) is 0.592. The summed E-state index contributed by atoms with van der Waals surface area (Å²) in [7, 11) is 0. The Balaban J connectivity index is 1.76. The van der Waals surface area contributed by atoms with Gasteiger partial charge in [-0.05, 0) is 46.9 Å². The third kappa shape index (κ3) is 3.74. The summed E-state index contributed by atoms with van der Waals surface area (Å²) >= 11 is 1.56. The lowest BCUT2D eigenvalue weighted by molar-refractivity contribution is 0.0997. The van der Waals surface area contributed by atoms with Gasteiger partial charge >= 0.3 is 0 Å². The monoisotopic (exact) mass is 321 g/mol. The van der Waals surface area contributed by atoms with E-state index in [9.17, 15) is 4.79 Å². The molecule has 0 aliphatic rings. The molecule has 3 heteroatoms. The fourth-order valence-corrected chi connectivity index (χ4v) is 3.40. The first-order chi connectivity index (χ1) is 11.1. The predicted octanol–water partition coefficient (Wildman–Crippen LogP) is 5.36. The lowest BCUT2D eigenvalue weighted by atomic mass is 10.0. The van der Waals surface area contributed by atoms with Gasteiger partial charge in [0.15, 0.2) is 5.78 Å². The minimum atomic E-state index is 0.159. The fourth-order valence-electron chi connectivity index (χ4n) is 2.45. The molecule has 0 fully saturated rings. The highest BCUT2D eigenvalue weighted by Crippen LogP contribution is 2.30. The first-order valence-corrected chi connectivity index (χ1v) is 8.57. The van der Waals surface area contributed by atoms with Crippen LogP contribution >= 0.6 is 11.3 Å². The van der Waals surface area contributed by atoms with Gasteiger partial charge in [0.1, 0.15) is 0 Å². The standard InChI is InChI=1S/C20H19NOS/c1-14(2)16-3-5-17(6-4-16)19-7-8-20(23-19)18(22)13-15-9-11-21-12-10-15/h3-12,14H,13H2,1-2H3. The number of hydrogen-bond donors (Lipinski definition) is 0. The van der Waals surface area contributed by atoms with Crippen LogP contribution in [-0.4, -0.2) is 10.8 Å². The molecular weight excluding hydrogens is 302 g/mol. The van der Waals surface area contributed by atoms with Crippen LogP contribution in [0.15, 0.2) is 60.9 Å². The first-order valence-electron chi connectivity index (χ1n) is 7.76. The van der Waals surface area contributed by atoms with E-state index >= 15 is 0 Å². The number of thiophene rings is 1. The van der Waals surface area contributed by atoms with Crippen LogP contribution in [0.5, 0.6) is 0 Å². The van der Waals surface area contributed by atoms with Crippen molar-refractivity contribution < 1.29 is 4.79 Å². The van der Waals surface area contributed by atoms with Gasteiger partial charge in [-0.2, -0.15) is 0 Å². The van der Waals surface area contributed by atoms with Gasteiger partial charge < -0.3 is 0 Å². The summed E-state index contributed by atoms with van der Waals surface area (Å²) in [5, 5.41) is 0. The van der Waals surface area contributed by atoms with Gasteiger partial charge in [0, 0.05) is 23.7 Å². The minimum absolute atomic E-state index is 0.159. The second kappa shape index (κ2) is 6.88. The van der Waals surface area contributed by atoms with E-state index in [0.29, 0.717) is 12.3 Å². The molecule has 1 aromatic carbocycles. The van der Waals surface area contributed by atoms with Gasteiger partial charge in [-0.3, -0.25) is 9.78 Å². The van der Waals surface area contributed by atoms with E-state index in [4.69, 9.17) is 0 Å². The molecule has 3 aromatic rings. The highest BCUT2D eigenvalue weighted by Gasteiger charge is 2.11. The molecule has 23 heavy (non-hydrogen) atoms. The van der Waals surface area contributed by atoms with E-state index in [1.807, 2.05) is 24.3 Å². The van der Waals surface area contributed by atoms with E-state index < -0.39 is 0 Å². The van der Waals surface area contributed by atoms with Crippen molar-refractivity contribution in [1.82, 2.24) is 4.98 Å². The van der Waals surface area contributed by atoms with Crippen molar-refractivity contribution in [2.45, 2.75) is 26.2 Å². The number of Topliss-reactive ketones (excluding diaryl/α,β-unsaturated/α-hetero) is 1. The molecule has 0 atom stereocenters. The molecule has 3 rings (SSSR count). The fraction of sp³-hybridized carbons (Fsp3) is 0.200. The van der Waals surface area contributed by atoms with E-state index in [2.05, 4.69) is 43.1 Å². The first kappa shape index (κ1) is 15.6. The van der Waals surface area contributed by atoms with Crippen molar-refractivity contribution in [2.24, 2.45) is 0 Å². The van der Waals surface area contributed by atoms with Crippen molar-refractivity contribution in [1.29, 1.82) is 0 Å². The topological polar surface area (TPSA) is 30.0 Å². The Kier molecular flexibility index (Phi) is 4.68. The van der Waals surface area contributed by atoms with Gasteiger partial charge in [-0.25, -0.2) is 0 Å². The largest absolute Gasteiger partial charge is 0.293 e. The molecular formula is C20H19NOS. The normalized spacial score (nSPS) is 10.9. The number of aromatic nitrogens is 1. The Hall–Kier alpha value is -2.26. The molecule has 0 radical (unpaired) electrons. The molecule has 0 bridgehead atoms. The number of carbonyl (C=O) groups excluding carboxylic acids is 1. The SMILES string of the molecule is CC(C)c1ccc(-c2ccc(C(=O)Cc3ccncc3)s2)cc1. The molecule has 0 amide bonds. The smallest absolute Gasteiger partial charge is 0.177 e. The molecule has 2 heterocycles. The minimum Gasteiger partial charge on any atom is -0.293 e. The summed E-state index contributed by atoms with van der Waals surface area (Å²) in [4.78, 5) is 18.3. The lowest BCUT2D eigenvalue weighted by Gasteiger charge is -2.05. The Bertz CT molecular complexity index is 788. The van der Waals surface area contributed by atoms with Gasteiger partial charge in [0.25, 0.3) is 0 Å². The molecule has 0 N–H and O–H groups in total. The average Bonchev–Trinajstić information content (AvgIpc) is 3.06. The molecule has 0 saturated carbocycles. The van der Waals surface area contributed by atoms with Crippen LogP contribution in [0.3, 0.4) is 0 Å². The van der Waals surface area contributed by atoms with Gasteiger partial charge in [0.05, 0.1) is 4.88 Å². The number of hydrogen-bond acceptors (Lipinski definition) is 3. The predicted molar refractivity (Wildman–Crippen MR) is 96.1 cm³/mol. The van der Waals surface area contributed by atoms with Crippen LogP contribution in [0.2, 0.25) is 0 Å². The van der Waals surface area contributed by atoms with Crippen molar-refractivity contribution in [3.05, 3.63) is 76.9 Å². The maximum absolute atomic E-state index is 12.4. The van der Waals surface area contributed by atoms with Crippen LogP contribution in [-0.2, 0) is 6.42 Å². The van der Waals surface area contributed by atoms with E-state index in [1.165, 1.54) is 11.1 Å².